The molecule has 1 aliphatic rings. The fraction of sp³-hybridized carbons (Fsp3) is 1.00. The predicted molar refractivity (Wildman–Crippen MR) is 57.8 cm³/mol. The minimum atomic E-state index is -3.58. The highest BCUT2D eigenvalue weighted by molar-refractivity contribution is 4.81. The highest BCUT2D eigenvalue weighted by Gasteiger charge is 2.35. The minimum Gasteiger partial charge on any atom is -1.00 e. The largest absolute Gasteiger partial charge is 1.00 e. The summed E-state index contributed by atoms with van der Waals surface area (Å²) in [4.78, 5) is 0.125. The summed E-state index contributed by atoms with van der Waals surface area (Å²) in [6.07, 6.45) is 0.165. The molecule has 1 rings (SSSR count). The van der Waals surface area contributed by atoms with Gasteiger partial charge in [-0.1, -0.05) is 6.42 Å². The van der Waals surface area contributed by atoms with Gasteiger partial charge in [-0.3, -0.25) is 0 Å². The summed E-state index contributed by atoms with van der Waals surface area (Å²) in [5.74, 6) is 0. The van der Waals surface area contributed by atoms with Crippen molar-refractivity contribution in [3.63, 3.8) is 0 Å². The zero-order valence-corrected chi connectivity index (χ0v) is 9.91. The Balaban J connectivity index is 0.00000784. The molecule has 0 aromatic carbocycles. The highest BCUT2D eigenvalue weighted by atomic mass is 127. The van der Waals surface area contributed by atoms with Crippen molar-refractivity contribution >= 4 is 0 Å². The van der Waals surface area contributed by atoms with Crippen LogP contribution in [0.2, 0.25) is 0 Å². The number of hydrogen-bond acceptors (Lipinski definition) is 1. The zero-order valence-electron chi connectivity index (χ0n) is 22.8. The maximum absolute atomic E-state index is 7.81. The molecule has 86 valence electrons. The van der Waals surface area contributed by atoms with Crippen LogP contribution in [-0.2, 0) is 0 Å². The van der Waals surface area contributed by atoms with Gasteiger partial charge < -0.3 is 33.4 Å². The topological polar surface area (TPSA) is 3.24 Å². The molecule has 0 amide bonds. The number of quaternary nitrogens is 1. The van der Waals surface area contributed by atoms with Crippen molar-refractivity contribution in [1.82, 2.24) is 4.90 Å². The van der Waals surface area contributed by atoms with Gasteiger partial charge in [0.1, 0.15) is 6.04 Å². The van der Waals surface area contributed by atoms with Crippen molar-refractivity contribution in [1.29, 1.82) is 0 Å². The highest BCUT2D eigenvalue weighted by Crippen LogP contribution is 2.27. The molecule has 0 N–H and O–H groups in total. The van der Waals surface area contributed by atoms with E-state index in [0.29, 0.717) is 6.42 Å². The van der Waals surface area contributed by atoms with Crippen molar-refractivity contribution < 1.29 is 49.0 Å². The first-order chi connectivity index (χ1) is 12.1. The predicted octanol–water partition coefficient (Wildman–Crippen LogP) is -1.43. The first-order valence-electron chi connectivity index (χ1n) is 11.8. The second-order valence-electron chi connectivity index (χ2n) is 3.51. The van der Waals surface area contributed by atoms with Crippen molar-refractivity contribution in [2.45, 2.75) is 37.8 Å². The molecule has 0 unspecified atom stereocenters. The Hall–Kier alpha value is 0.650. The van der Waals surface area contributed by atoms with Gasteiger partial charge in [0.2, 0.25) is 0 Å². The fourth-order valence-electron chi connectivity index (χ4n) is 1.84. The van der Waals surface area contributed by atoms with Crippen molar-refractivity contribution in [2.24, 2.45) is 0 Å². The van der Waals surface area contributed by atoms with Gasteiger partial charge in [-0.05, 0) is 26.8 Å². The van der Waals surface area contributed by atoms with E-state index in [0.717, 1.165) is 0 Å². The quantitative estimate of drug-likeness (QED) is 0.444. The van der Waals surface area contributed by atoms with Gasteiger partial charge in [-0.15, -0.1) is 0 Å². The SMILES string of the molecule is [2H]C([2H])([2H])N([C@@H]1CCCC[C@H]1[N+](C([2H])([2H])[2H])(C([2H])([2H])[2H])C([2H])([2H])[2H])C([2H])([2H])[2H].[I-]. The number of likely N-dealkylation sites (N-methyl/N-ethyl adjacent to an activating group) is 2. The van der Waals surface area contributed by atoms with Gasteiger partial charge in [-0.2, -0.15) is 0 Å². The van der Waals surface area contributed by atoms with E-state index in [-0.39, 0.29) is 48.1 Å². The van der Waals surface area contributed by atoms with Crippen LogP contribution in [0.1, 0.15) is 46.2 Å². The monoisotopic (exact) mass is 327 g/mol. The van der Waals surface area contributed by atoms with E-state index in [4.69, 9.17) is 20.6 Å². The molecule has 0 aliphatic heterocycles. The van der Waals surface area contributed by atoms with Crippen LogP contribution in [-0.4, -0.2) is 56.3 Å². The molecule has 0 aromatic rings. The van der Waals surface area contributed by atoms with Crippen LogP contribution >= 0.6 is 0 Å². The summed E-state index contributed by atoms with van der Waals surface area (Å²) in [7, 11) is 0. The van der Waals surface area contributed by atoms with E-state index in [1.165, 1.54) is 0 Å². The Labute approximate surface area is 127 Å². The molecular weight excluding hydrogens is 287 g/mol. The zero-order chi connectivity index (χ0) is 22.6. The Bertz CT molecular complexity index is 493. The van der Waals surface area contributed by atoms with Crippen molar-refractivity contribution in [3.8, 4) is 0 Å². The summed E-state index contributed by atoms with van der Waals surface area (Å²) in [5.41, 5.74) is 0. The molecule has 0 radical (unpaired) electrons. The summed E-state index contributed by atoms with van der Waals surface area (Å²) >= 11 is 0. The Morgan fingerprint density at radius 2 is 1.79 bits per heavy atom. The Morgan fingerprint density at radius 3 is 2.36 bits per heavy atom. The van der Waals surface area contributed by atoms with Crippen LogP contribution < -0.4 is 24.0 Å². The molecular formula is C11H25IN2. The van der Waals surface area contributed by atoms with Crippen LogP contribution in [0.3, 0.4) is 0 Å². The van der Waals surface area contributed by atoms with E-state index >= 15 is 0 Å². The smallest absolute Gasteiger partial charge is 0.104 e. The first-order valence-corrected chi connectivity index (χ1v) is 4.28. The van der Waals surface area contributed by atoms with E-state index in [1.54, 1.807) is 0 Å². The molecule has 0 heterocycles. The van der Waals surface area contributed by atoms with Gasteiger partial charge in [0.05, 0.1) is 39.3 Å². The standard InChI is InChI=1S/C11H25N2.HI/c1-12(2)10-8-6-7-9-11(10)13(3,4)5;/h10-11H,6-9H2,1-5H3;1H/q+1;/p-1/t10-,11-;/m1./s1/i1D3,2D3,3D3,4D3,5D3;. The molecule has 1 aliphatic carbocycles. The van der Waals surface area contributed by atoms with Crippen molar-refractivity contribution in [2.75, 3.05) is 34.9 Å². The minimum absolute atomic E-state index is 0. The third kappa shape index (κ3) is 3.66. The lowest BCUT2D eigenvalue weighted by atomic mass is 9.88. The number of nitrogens with zero attached hydrogens (tertiary/aromatic N) is 2. The molecule has 2 atom stereocenters. The molecule has 0 bridgehead atoms. The number of rotatable bonds is 2. The maximum atomic E-state index is 7.81. The van der Waals surface area contributed by atoms with Gasteiger partial charge in [0.15, 0.2) is 0 Å². The molecule has 3 heteroatoms. The Kier molecular flexibility index (Phi) is 1.34. The summed E-state index contributed by atoms with van der Waals surface area (Å²) in [6, 6.07) is -3.38. The summed E-state index contributed by atoms with van der Waals surface area (Å²) in [6.45, 7) is -17.2. The third-order valence-corrected chi connectivity index (χ3v) is 2.52. The molecule has 0 saturated heterocycles. The molecule has 0 spiro atoms. The van der Waals surface area contributed by atoms with E-state index in [2.05, 4.69) is 0 Å². The lowest BCUT2D eigenvalue weighted by Crippen LogP contribution is -3.00. The van der Waals surface area contributed by atoms with Crippen LogP contribution in [0.5, 0.6) is 0 Å². The second-order valence-corrected chi connectivity index (χ2v) is 3.51. The number of halogens is 1. The van der Waals surface area contributed by atoms with Crippen molar-refractivity contribution in [3.05, 3.63) is 0 Å². The van der Waals surface area contributed by atoms with Gasteiger partial charge in [0.25, 0.3) is 0 Å². The van der Waals surface area contributed by atoms with E-state index in [1.807, 2.05) is 0 Å². The van der Waals surface area contributed by atoms with Crippen LogP contribution in [0.15, 0.2) is 0 Å². The summed E-state index contributed by atoms with van der Waals surface area (Å²) < 4.78 is 114. The van der Waals surface area contributed by atoms with Crippen LogP contribution in [0.25, 0.3) is 0 Å². The molecule has 1 saturated carbocycles. The van der Waals surface area contributed by atoms with E-state index < -0.39 is 51.4 Å². The average Bonchev–Trinajstić information content (AvgIpc) is 2.32. The lowest BCUT2D eigenvalue weighted by Gasteiger charge is -2.44. The molecule has 1 fully saturated rings. The third-order valence-electron chi connectivity index (χ3n) is 2.52. The van der Waals surface area contributed by atoms with Crippen LogP contribution in [0, 0.1) is 0 Å². The van der Waals surface area contributed by atoms with Gasteiger partial charge in [0, 0.05) is 14.6 Å². The first kappa shape index (κ1) is 3.33. The van der Waals surface area contributed by atoms with Gasteiger partial charge in [-0.25, -0.2) is 0 Å². The molecule has 2 nitrogen and oxygen atoms in total. The molecule has 0 aromatic heterocycles. The fourth-order valence-corrected chi connectivity index (χ4v) is 1.84. The normalized spacial score (nSPS) is 49.1. The van der Waals surface area contributed by atoms with Gasteiger partial charge >= 0.3 is 0 Å². The van der Waals surface area contributed by atoms with Crippen LogP contribution in [0.4, 0.5) is 0 Å². The molecule has 14 heavy (non-hydrogen) atoms. The second kappa shape index (κ2) is 5.66. The Morgan fingerprint density at radius 1 is 1.14 bits per heavy atom. The number of hydrogen-bond donors (Lipinski definition) is 0. The summed E-state index contributed by atoms with van der Waals surface area (Å²) in [5, 5.41) is 0. The average molecular weight is 327 g/mol. The lowest BCUT2D eigenvalue weighted by molar-refractivity contribution is -0.899. The van der Waals surface area contributed by atoms with E-state index in [9.17, 15) is 0 Å². The maximum Gasteiger partial charge on any atom is 0.104 e.